The minimum Gasteiger partial charge on any atom is -0.477 e. The van der Waals surface area contributed by atoms with Crippen molar-refractivity contribution in [2.24, 2.45) is 7.05 Å². The van der Waals surface area contributed by atoms with Crippen molar-refractivity contribution >= 4 is 28.4 Å². The summed E-state index contributed by atoms with van der Waals surface area (Å²) in [5, 5.41) is 17.3. The third-order valence-corrected chi connectivity index (χ3v) is 2.91. The van der Waals surface area contributed by atoms with Gasteiger partial charge in [-0.05, 0) is 12.1 Å². The molecule has 3 rings (SSSR count). The first kappa shape index (κ1) is 12.2. The molecule has 0 saturated heterocycles. The fourth-order valence-electron chi connectivity index (χ4n) is 2.01. The number of aryl methyl sites for hydroxylation is 1. The van der Waals surface area contributed by atoms with Crippen molar-refractivity contribution < 1.29 is 9.90 Å². The van der Waals surface area contributed by atoms with Gasteiger partial charge in [0.15, 0.2) is 11.5 Å². The number of benzene rings is 1. The van der Waals surface area contributed by atoms with Crippen LogP contribution in [0.1, 0.15) is 10.5 Å². The van der Waals surface area contributed by atoms with Crippen LogP contribution in [0, 0.1) is 0 Å². The molecular weight excluding hydrogens is 256 g/mol. The van der Waals surface area contributed by atoms with E-state index < -0.39 is 5.97 Å². The number of hydrogen-bond donors (Lipinski definition) is 2. The highest BCUT2D eigenvalue weighted by molar-refractivity contribution is 5.98. The standard InChI is InChI=1S/C14H12N4O2/c1-18-7-6-13(17-18)16-11-8-12(14(19)20)15-10-5-3-2-4-9(10)11/h2-8H,1H3,(H,19,20)(H,15,16,17). The zero-order valence-electron chi connectivity index (χ0n) is 10.7. The molecule has 0 aliphatic carbocycles. The summed E-state index contributed by atoms with van der Waals surface area (Å²) >= 11 is 0. The van der Waals surface area contributed by atoms with Crippen LogP contribution in [0.25, 0.3) is 10.9 Å². The SMILES string of the molecule is Cn1ccc(Nc2cc(C(=O)O)nc3ccccc23)n1. The number of nitrogens with zero attached hydrogens (tertiary/aromatic N) is 3. The molecule has 20 heavy (non-hydrogen) atoms. The Kier molecular flexibility index (Phi) is 2.83. The number of carboxylic acid groups (broad SMARTS) is 1. The molecule has 0 saturated carbocycles. The molecule has 0 radical (unpaired) electrons. The van der Waals surface area contributed by atoms with Gasteiger partial charge in [0.25, 0.3) is 0 Å². The highest BCUT2D eigenvalue weighted by Gasteiger charge is 2.11. The topological polar surface area (TPSA) is 80.0 Å². The van der Waals surface area contributed by atoms with Crippen molar-refractivity contribution in [2.45, 2.75) is 0 Å². The number of para-hydroxylation sites is 1. The fraction of sp³-hybridized carbons (Fsp3) is 0.0714. The minimum atomic E-state index is -1.06. The lowest BCUT2D eigenvalue weighted by Crippen LogP contribution is -2.03. The van der Waals surface area contributed by atoms with E-state index in [1.54, 1.807) is 10.7 Å². The first-order valence-electron chi connectivity index (χ1n) is 6.03. The fourth-order valence-corrected chi connectivity index (χ4v) is 2.01. The van der Waals surface area contributed by atoms with Crippen LogP contribution >= 0.6 is 0 Å². The average molecular weight is 268 g/mol. The van der Waals surface area contributed by atoms with Crippen LogP contribution in [0.15, 0.2) is 42.6 Å². The number of hydrogen-bond acceptors (Lipinski definition) is 4. The number of anilines is 2. The van der Waals surface area contributed by atoms with Gasteiger partial charge in [-0.15, -0.1) is 0 Å². The van der Waals surface area contributed by atoms with E-state index in [1.807, 2.05) is 37.5 Å². The zero-order valence-corrected chi connectivity index (χ0v) is 10.7. The number of rotatable bonds is 3. The van der Waals surface area contributed by atoms with Crippen LogP contribution in [0.3, 0.4) is 0 Å². The summed E-state index contributed by atoms with van der Waals surface area (Å²) in [4.78, 5) is 15.3. The Morgan fingerprint density at radius 3 is 2.80 bits per heavy atom. The maximum Gasteiger partial charge on any atom is 0.354 e. The Morgan fingerprint density at radius 1 is 1.30 bits per heavy atom. The van der Waals surface area contributed by atoms with Gasteiger partial charge in [0, 0.05) is 24.7 Å². The molecule has 6 heteroatoms. The lowest BCUT2D eigenvalue weighted by Gasteiger charge is -2.08. The van der Waals surface area contributed by atoms with Crippen molar-refractivity contribution in [1.82, 2.24) is 14.8 Å². The lowest BCUT2D eigenvalue weighted by molar-refractivity contribution is 0.0691. The molecular formula is C14H12N4O2. The molecule has 2 N–H and O–H groups in total. The van der Waals surface area contributed by atoms with Gasteiger partial charge in [-0.25, -0.2) is 9.78 Å². The van der Waals surface area contributed by atoms with Gasteiger partial charge in [-0.3, -0.25) is 4.68 Å². The Balaban J connectivity index is 2.14. The smallest absolute Gasteiger partial charge is 0.354 e. The summed E-state index contributed by atoms with van der Waals surface area (Å²) < 4.78 is 1.67. The first-order valence-corrected chi connectivity index (χ1v) is 6.03. The van der Waals surface area contributed by atoms with Crippen molar-refractivity contribution in [2.75, 3.05) is 5.32 Å². The second kappa shape index (κ2) is 4.65. The second-order valence-electron chi connectivity index (χ2n) is 4.38. The molecule has 0 aliphatic rings. The summed E-state index contributed by atoms with van der Waals surface area (Å²) in [5.74, 6) is -0.403. The molecule has 0 unspecified atom stereocenters. The van der Waals surface area contributed by atoms with Crippen molar-refractivity contribution in [3.63, 3.8) is 0 Å². The summed E-state index contributed by atoms with van der Waals surface area (Å²) in [5.41, 5.74) is 1.31. The highest BCUT2D eigenvalue weighted by Crippen LogP contribution is 2.25. The normalized spacial score (nSPS) is 10.7. The zero-order chi connectivity index (χ0) is 14.1. The van der Waals surface area contributed by atoms with Gasteiger partial charge < -0.3 is 10.4 Å². The summed E-state index contributed by atoms with van der Waals surface area (Å²) in [7, 11) is 1.82. The maximum atomic E-state index is 11.1. The molecule has 0 amide bonds. The van der Waals surface area contributed by atoms with E-state index in [0.717, 1.165) is 5.39 Å². The molecule has 0 spiro atoms. The second-order valence-corrected chi connectivity index (χ2v) is 4.38. The van der Waals surface area contributed by atoms with E-state index >= 15 is 0 Å². The van der Waals surface area contributed by atoms with Crippen LogP contribution in [-0.4, -0.2) is 25.8 Å². The van der Waals surface area contributed by atoms with E-state index in [1.165, 1.54) is 6.07 Å². The molecule has 3 aromatic rings. The summed E-state index contributed by atoms with van der Waals surface area (Å²) in [6.07, 6.45) is 1.81. The molecule has 2 heterocycles. The Morgan fingerprint density at radius 2 is 2.10 bits per heavy atom. The van der Waals surface area contributed by atoms with Gasteiger partial charge in [0.05, 0.1) is 11.2 Å². The van der Waals surface area contributed by atoms with Crippen molar-refractivity contribution in [3.05, 3.63) is 48.3 Å². The van der Waals surface area contributed by atoms with Crippen LogP contribution in [0.2, 0.25) is 0 Å². The van der Waals surface area contributed by atoms with Crippen LogP contribution in [0.4, 0.5) is 11.5 Å². The third-order valence-electron chi connectivity index (χ3n) is 2.91. The van der Waals surface area contributed by atoms with E-state index in [2.05, 4.69) is 15.4 Å². The van der Waals surface area contributed by atoms with Crippen LogP contribution in [0.5, 0.6) is 0 Å². The number of aromatic nitrogens is 3. The van der Waals surface area contributed by atoms with Crippen LogP contribution in [-0.2, 0) is 7.05 Å². The number of aromatic carboxylic acids is 1. The van der Waals surface area contributed by atoms with E-state index in [9.17, 15) is 4.79 Å². The molecule has 0 bridgehead atoms. The van der Waals surface area contributed by atoms with Gasteiger partial charge in [0.1, 0.15) is 0 Å². The molecule has 0 fully saturated rings. The lowest BCUT2D eigenvalue weighted by atomic mass is 10.1. The molecule has 2 aromatic heterocycles. The van der Waals surface area contributed by atoms with Gasteiger partial charge in [0.2, 0.25) is 0 Å². The number of carbonyl (C=O) groups is 1. The highest BCUT2D eigenvalue weighted by atomic mass is 16.4. The average Bonchev–Trinajstić information content (AvgIpc) is 2.84. The molecule has 1 aromatic carbocycles. The monoisotopic (exact) mass is 268 g/mol. The molecule has 0 atom stereocenters. The largest absolute Gasteiger partial charge is 0.477 e. The maximum absolute atomic E-state index is 11.1. The van der Waals surface area contributed by atoms with E-state index in [-0.39, 0.29) is 5.69 Å². The number of nitrogens with one attached hydrogen (secondary N) is 1. The summed E-state index contributed by atoms with van der Waals surface area (Å²) in [6, 6.07) is 10.7. The van der Waals surface area contributed by atoms with Gasteiger partial charge >= 0.3 is 5.97 Å². The predicted octanol–water partition coefficient (Wildman–Crippen LogP) is 2.41. The van der Waals surface area contributed by atoms with E-state index in [4.69, 9.17) is 5.11 Å². The number of pyridine rings is 1. The molecule has 0 aliphatic heterocycles. The third kappa shape index (κ3) is 2.18. The van der Waals surface area contributed by atoms with E-state index in [0.29, 0.717) is 17.0 Å². The Hall–Kier alpha value is -2.89. The van der Waals surface area contributed by atoms with Gasteiger partial charge in [-0.2, -0.15) is 5.10 Å². The molecule has 6 nitrogen and oxygen atoms in total. The van der Waals surface area contributed by atoms with Gasteiger partial charge in [-0.1, -0.05) is 18.2 Å². The Bertz CT molecular complexity index is 795. The van der Waals surface area contributed by atoms with Crippen molar-refractivity contribution in [1.29, 1.82) is 0 Å². The minimum absolute atomic E-state index is 0.00197. The number of carboxylic acids is 1. The first-order chi connectivity index (χ1) is 9.63. The molecule has 100 valence electrons. The quantitative estimate of drug-likeness (QED) is 0.762. The Labute approximate surface area is 114 Å². The predicted molar refractivity (Wildman–Crippen MR) is 75.2 cm³/mol. The van der Waals surface area contributed by atoms with Crippen molar-refractivity contribution in [3.8, 4) is 0 Å². The number of fused-ring (bicyclic) bond motifs is 1. The van der Waals surface area contributed by atoms with Crippen LogP contribution < -0.4 is 5.32 Å². The summed E-state index contributed by atoms with van der Waals surface area (Å²) in [6.45, 7) is 0.